The minimum atomic E-state index is -0.418. The first-order valence-corrected chi connectivity index (χ1v) is 9.80. The Balaban J connectivity index is 1.72. The molecule has 0 fully saturated rings. The van der Waals surface area contributed by atoms with E-state index in [4.69, 9.17) is 11.6 Å². The average Bonchev–Trinajstić information content (AvgIpc) is 2.74. The molecule has 0 saturated carbocycles. The van der Waals surface area contributed by atoms with Gasteiger partial charge in [0, 0.05) is 24.2 Å². The molecule has 0 heterocycles. The molecule has 1 N–H and O–H groups in total. The first-order valence-electron chi connectivity index (χ1n) is 9.42. The van der Waals surface area contributed by atoms with Crippen molar-refractivity contribution in [3.8, 4) is 0 Å². The highest BCUT2D eigenvalue weighted by Crippen LogP contribution is 2.20. The van der Waals surface area contributed by atoms with Crippen LogP contribution in [-0.4, -0.2) is 23.8 Å². The summed E-state index contributed by atoms with van der Waals surface area (Å²) in [6.45, 7) is 0.452. The molecule has 148 valence electrons. The monoisotopic (exact) mass is 406 g/mol. The number of hydrogen-bond donors (Lipinski definition) is 1. The van der Waals surface area contributed by atoms with Gasteiger partial charge in [-0.2, -0.15) is 0 Å². The van der Waals surface area contributed by atoms with Crippen LogP contribution in [0.25, 0.3) is 0 Å². The maximum Gasteiger partial charge on any atom is 0.251 e. The Kier molecular flexibility index (Phi) is 7.04. The number of halogens is 1. The van der Waals surface area contributed by atoms with Crippen LogP contribution in [-0.2, 0) is 11.3 Å². The maximum atomic E-state index is 12.9. The quantitative estimate of drug-likeness (QED) is 0.609. The van der Waals surface area contributed by atoms with E-state index in [1.807, 2.05) is 66.7 Å². The molecule has 0 aliphatic rings. The molecule has 1 unspecified atom stereocenters. The second-order valence-electron chi connectivity index (χ2n) is 6.89. The third-order valence-electron chi connectivity index (χ3n) is 4.66. The summed E-state index contributed by atoms with van der Waals surface area (Å²) in [4.78, 5) is 27.2. The molecule has 4 nitrogen and oxygen atoms in total. The molecular formula is C24H23ClN2O2. The summed E-state index contributed by atoms with van der Waals surface area (Å²) in [5, 5.41) is 3.64. The number of rotatable bonds is 7. The Labute approximate surface area is 176 Å². The molecule has 29 heavy (non-hydrogen) atoms. The first kappa shape index (κ1) is 20.6. The number of nitrogens with one attached hydrogen (secondary N) is 1. The van der Waals surface area contributed by atoms with Crippen molar-refractivity contribution in [1.29, 1.82) is 0 Å². The SMILES string of the molecule is CN(Cc1cccc(Cl)c1)C(=O)CC(NC(=O)c1ccccc1)c1ccccc1. The third kappa shape index (κ3) is 5.93. The van der Waals surface area contributed by atoms with Crippen LogP contribution in [0.2, 0.25) is 5.02 Å². The van der Waals surface area contributed by atoms with Gasteiger partial charge in [-0.25, -0.2) is 0 Å². The van der Waals surface area contributed by atoms with Gasteiger partial charge in [0.1, 0.15) is 0 Å². The Hall–Kier alpha value is -3.11. The van der Waals surface area contributed by atoms with Gasteiger partial charge >= 0.3 is 0 Å². The molecule has 3 rings (SSSR count). The fourth-order valence-corrected chi connectivity index (χ4v) is 3.31. The van der Waals surface area contributed by atoms with Crippen LogP contribution in [0.5, 0.6) is 0 Å². The topological polar surface area (TPSA) is 49.4 Å². The van der Waals surface area contributed by atoms with Gasteiger partial charge in [0.15, 0.2) is 0 Å². The van der Waals surface area contributed by atoms with Gasteiger partial charge in [-0.3, -0.25) is 9.59 Å². The highest BCUT2D eigenvalue weighted by molar-refractivity contribution is 6.30. The first-order chi connectivity index (χ1) is 14.0. The van der Waals surface area contributed by atoms with E-state index in [1.165, 1.54) is 0 Å². The van der Waals surface area contributed by atoms with Crippen molar-refractivity contribution in [2.75, 3.05) is 7.05 Å². The van der Waals surface area contributed by atoms with Crippen LogP contribution in [0.3, 0.4) is 0 Å². The fourth-order valence-electron chi connectivity index (χ4n) is 3.10. The van der Waals surface area contributed by atoms with E-state index in [0.717, 1.165) is 11.1 Å². The smallest absolute Gasteiger partial charge is 0.251 e. The van der Waals surface area contributed by atoms with Crippen molar-refractivity contribution in [3.05, 3.63) is 107 Å². The van der Waals surface area contributed by atoms with Crippen molar-refractivity contribution >= 4 is 23.4 Å². The molecular weight excluding hydrogens is 384 g/mol. The number of benzene rings is 3. The lowest BCUT2D eigenvalue weighted by Crippen LogP contribution is -2.34. The summed E-state index contributed by atoms with van der Waals surface area (Å²) in [5.74, 6) is -0.267. The molecule has 0 bridgehead atoms. The number of amides is 2. The molecule has 0 aliphatic carbocycles. The number of carbonyl (C=O) groups excluding carboxylic acids is 2. The lowest BCUT2D eigenvalue weighted by Gasteiger charge is -2.23. The second-order valence-corrected chi connectivity index (χ2v) is 7.32. The molecule has 5 heteroatoms. The standard InChI is InChI=1S/C24H23ClN2O2/c1-27(17-18-9-8-14-21(25)15-18)23(28)16-22(19-10-4-2-5-11-19)26-24(29)20-12-6-3-7-13-20/h2-15,22H,16-17H2,1H3,(H,26,29). The van der Waals surface area contributed by atoms with Crippen LogP contribution >= 0.6 is 11.6 Å². The van der Waals surface area contributed by atoms with E-state index in [-0.39, 0.29) is 18.2 Å². The molecule has 0 radical (unpaired) electrons. The van der Waals surface area contributed by atoms with E-state index in [9.17, 15) is 9.59 Å². The Morgan fingerprint density at radius 1 is 0.931 bits per heavy atom. The number of nitrogens with zero attached hydrogens (tertiary/aromatic N) is 1. The summed E-state index contributed by atoms with van der Waals surface area (Å²) in [6, 6.07) is 25.6. The van der Waals surface area contributed by atoms with Gasteiger partial charge in [0.05, 0.1) is 12.5 Å². The molecule has 0 aromatic heterocycles. The maximum absolute atomic E-state index is 12.9. The predicted molar refractivity (Wildman–Crippen MR) is 116 cm³/mol. The summed E-state index contributed by atoms with van der Waals surface area (Å²) in [7, 11) is 1.75. The minimum Gasteiger partial charge on any atom is -0.345 e. The van der Waals surface area contributed by atoms with Gasteiger partial charge in [-0.1, -0.05) is 72.3 Å². The van der Waals surface area contributed by atoms with Crippen LogP contribution in [0, 0.1) is 0 Å². The van der Waals surface area contributed by atoms with E-state index >= 15 is 0 Å². The molecule has 2 amide bonds. The number of hydrogen-bond acceptors (Lipinski definition) is 2. The average molecular weight is 407 g/mol. The second kappa shape index (κ2) is 9.89. The van der Waals surface area contributed by atoms with E-state index in [2.05, 4.69) is 5.32 Å². The zero-order valence-corrected chi connectivity index (χ0v) is 17.0. The van der Waals surface area contributed by atoms with Crippen LogP contribution in [0.1, 0.15) is 33.9 Å². The lowest BCUT2D eigenvalue weighted by molar-refractivity contribution is -0.130. The summed E-state index contributed by atoms with van der Waals surface area (Å²) >= 11 is 6.04. The Morgan fingerprint density at radius 3 is 2.24 bits per heavy atom. The summed E-state index contributed by atoms with van der Waals surface area (Å²) < 4.78 is 0. The predicted octanol–water partition coefficient (Wildman–Crippen LogP) is 4.86. The summed E-state index contributed by atoms with van der Waals surface area (Å²) in [6.07, 6.45) is 0.166. The van der Waals surface area contributed by atoms with Crippen LogP contribution < -0.4 is 5.32 Å². The fraction of sp³-hybridized carbons (Fsp3) is 0.167. The van der Waals surface area contributed by atoms with Crippen molar-refractivity contribution in [2.45, 2.75) is 19.0 Å². The molecule has 0 aliphatic heterocycles. The van der Waals surface area contributed by atoms with E-state index < -0.39 is 6.04 Å². The minimum absolute atomic E-state index is 0.0628. The van der Waals surface area contributed by atoms with Gasteiger partial charge in [-0.15, -0.1) is 0 Å². The van der Waals surface area contributed by atoms with Gasteiger partial charge < -0.3 is 10.2 Å². The molecule has 3 aromatic carbocycles. The van der Waals surface area contributed by atoms with Crippen LogP contribution in [0.4, 0.5) is 0 Å². The third-order valence-corrected chi connectivity index (χ3v) is 4.89. The lowest BCUT2D eigenvalue weighted by atomic mass is 10.0. The largest absolute Gasteiger partial charge is 0.345 e. The van der Waals surface area contributed by atoms with Crippen molar-refractivity contribution in [3.63, 3.8) is 0 Å². The highest BCUT2D eigenvalue weighted by atomic mass is 35.5. The molecule has 0 spiro atoms. The normalized spacial score (nSPS) is 11.5. The zero-order valence-electron chi connectivity index (χ0n) is 16.2. The van der Waals surface area contributed by atoms with Gasteiger partial charge in [0.2, 0.25) is 5.91 Å². The highest BCUT2D eigenvalue weighted by Gasteiger charge is 2.21. The Morgan fingerprint density at radius 2 is 1.59 bits per heavy atom. The van der Waals surface area contributed by atoms with Crippen LogP contribution in [0.15, 0.2) is 84.9 Å². The zero-order chi connectivity index (χ0) is 20.6. The number of carbonyl (C=O) groups is 2. The van der Waals surface area contributed by atoms with Gasteiger partial charge in [-0.05, 0) is 35.4 Å². The van der Waals surface area contributed by atoms with E-state index in [0.29, 0.717) is 17.1 Å². The van der Waals surface area contributed by atoms with Crippen molar-refractivity contribution < 1.29 is 9.59 Å². The molecule has 1 atom stereocenters. The van der Waals surface area contributed by atoms with E-state index in [1.54, 1.807) is 30.1 Å². The molecule has 3 aromatic rings. The molecule has 0 saturated heterocycles. The summed E-state index contributed by atoms with van der Waals surface area (Å²) in [5.41, 5.74) is 2.41. The van der Waals surface area contributed by atoms with Crippen molar-refractivity contribution in [2.24, 2.45) is 0 Å². The van der Waals surface area contributed by atoms with Crippen molar-refractivity contribution in [1.82, 2.24) is 10.2 Å². The van der Waals surface area contributed by atoms with Gasteiger partial charge in [0.25, 0.3) is 5.91 Å². The Bertz CT molecular complexity index is 961.